The zero-order valence-corrected chi connectivity index (χ0v) is 38.8. The third-order valence-electron chi connectivity index (χ3n) is 9.56. The van der Waals surface area contributed by atoms with E-state index in [0.717, 1.165) is 68.0 Å². The largest absolute Gasteiger partial charge is 0.496 e. The molecule has 2 aliphatic rings. The Hall–Kier alpha value is -1.70. The summed E-state index contributed by atoms with van der Waals surface area (Å²) in [5.41, 5.74) is 2.02. The fourth-order valence-electron chi connectivity index (χ4n) is 6.88. The number of ether oxygens (including phenoxy) is 2. The monoisotopic (exact) mass is 1030 g/mol. The summed E-state index contributed by atoms with van der Waals surface area (Å²) in [4.78, 5) is 0. The SMILES string of the molecule is COc1ccccc1[P@](=O)(OC)N1CCC[C@H]1CNc1ccc(Br)cc1Br.COc1ccccc1[P@](=O)(OC)N1CCC[C@H]1CNc1ccc(Br)cc1Br. The number of nitrogens with one attached hydrogen (secondary N) is 2. The van der Waals surface area contributed by atoms with Gasteiger partial charge in [-0.05, 0) is 118 Å². The van der Waals surface area contributed by atoms with Crippen molar-refractivity contribution in [3.05, 3.63) is 103 Å². The molecule has 2 fully saturated rings. The molecule has 4 aromatic carbocycles. The van der Waals surface area contributed by atoms with E-state index in [2.05, 4.69) is 74.4 Å². The lowest BCUT2D eigenvalue weighted by atomic mass is 10.2. The number of para-hydroxylation sites is 2. The van der Waals surface area contributed by atoms with Crippen LogP contribution in [-0.4, -0.2) is 76.0 Å². The van der Waals surface area contributed by atoms with E-state index in [-0.39, 0.29) is 12.1 Å². The molecule has 0 saturated carbocycles. The van der Waals surface area contributed by atoms with Crippen molar-refractivity contribution in [3.63, 3.8) is 0 Å². The van der Waals surface area contributed by atoms with Gasteiger partial charge in [0.1, 0.15) is 11.5 Å². The number of rotatable bonds is 14. The number of hydrogen-bond acceptors (Lipinski definition) is 8. The molecule has 0 unspecified atom stereocenters. The van der Waals surface area contributed by atoms with Crippen LogP contribution < -0.4 is 30.7 Å². The van der Waals surface area contributed by atoms with Crippen molar-refractivity contribution < 1.29 is 27.7 Å². The molecule has 2 aliphatic heterocycles. The Morgan fingerprint density at radius 3 is 1.35 bits per heavy atom. The van der Waals surface area contributed by atoms with Crippen LogP contribution in [0.1, 0.15) is 25.7 Å². The maximum atomic E-state index is 13.9. The van der Waals surface area contributed by atoms with Crippen LogP contribution in [0.3, 0.4) is 0 Å². The first-order valence-corrected chi connectivity index (χ1v) is 23.8. The van der Waals surface area contributed by atoms with E-state index in [4.69, 9.17) is 18.5 Å². The van der Waals surface area contributed by atoms with E-state index in [9.17, 15) is 9.13 Å². The molecular formula is C38H46Br4N4O6P2. The quantitative estimate of drug-likeness (QED) is 0.119. The van der Waals surface area contributed by atoms with E-state index in [1.807, 2.05) is 94.3 Å². The number of anilines is 2. The second kappa shape index (κ2) is 20.1. The third kappa shape index (κ3) is 10.0. The van der Waals surface area contributed by atoms with Gasteiger partial charge in [-0.2, -0.15) is 0 Å². The molecule has 4 aromatic rings. The average molecular weight is 1040 g/mol. The van der Waals surface area contributed by atoms with Gasteiger partial charge in [0.05, 0.1) is 24.8 Å². The molecule has 54 heavy (non-hydrogen) atoms. The Labute approximate surface area is 352 Å². The Bertz CT molecular complexity index is 1840. The summed E-state index contributed by atoms with van der Waals surface area (Å²) in [6, 6.07) is 27.0. The maximum absolute atomic E-state index is 13.9. The van der Waals surface area contributed by atoms with Crippen molar-refractivity contribution in [2.45, 2.75) is 37.8 Å². The summed E-state index contributed by atoms with van der Waals surface area (Å²) in [6.07, 6.45) is 3.89. The first-order chi connectivity index (χ1) is 26.0. The van der Waals surface area contributed by atoms with E-state index in [1.165, 1.54) is 14.2 Å². The minimum Gasteiger partial charge on any atom is -0.496 e. The molecule has 0 spiro atoms. The second-order valence-electron chi connectivity index (χ2n) is 12.7. The topological polar surface area (TPSA) is 102 Å². The molecule has 292 valence electrons. The predicted octanol–water partition coefficient (Wildman–Crippen LogP) is 10.5. The smallest absolute Gasteiger partial charge is 0.306 e. The molecule has 6 rings (SSSR count). The van der Waals surface area contributed by atoms with Crippen LogP contribution in [0.5, 0.6) is 11.5 Å². The summed E-state index contributed by atoms with van der Waals surface area (Å²) in [6.45, 7) is 2.83. The zero-order chi connectivity index (χ0) is 38.9. The van der Waals surface area contributed by atoms with Gasteiger partial charge in [0.25, 0.3) is 0 Å². The first-order valence-electron chi connectivity index (χ1n) is 17.5. The predicted molar refractivity (Wildman–Crippen MR) is 235 cm³/mol. The van der Waals surface area contributed by atoms with Crippen LogP contribution >= 0.6 is 78.8 Å². The van der Waals surface area contributed by atoms with Crippen LogP contribution in [0.2, 0.25) is 0 Å². The van der Waals surface area contributed by atoms with E-state index in [0.29, 0.717) is 35.2 Å². The molecular weight excluding hydrogens is 990 g/mol. The maximum Gasteiger partial charge on any atom is 0.306 e. The van der Waals surface area contributed by atoms with Crippen molar-refractivity contribution in [3.8, 4) is 11.5 Å². The first kappa shape index (κ1) is 43.4. The van der Waals surface area contributed by atoms with Gasteiger partial charge in [-0.25, -0.2) is 9.34 Å². The molecule has 10 nitrogen and oxygen atoms in total. The Kier molecular flexibility index (Phi) is 16.2. The molecule has 0 radical (unpaired) electrons. The zero-order valence-electron chi connectivity index (χ0n) is 30.6. The second-order valence-corrected chi connectivity index (χ2v) is 21.0. The normalized spacial score (nSPS) is 19.6. The number of hydrogen-bond donors (Lipinski definition) is 2. The van der Waals surface area contributed by atoms with E-state index in [1.54, 1.807) is 14.2 Å². The number of benzene rings is 4. The minimum atomic E-state index is -3.20. The molecule has 0 aliphatic carbocycles. The van der Waals surface area contributed by atoms with Gasteiger partial charge in [-0.1, -0.05) is 56.1 Å². The highest BCUT2D eigenvalue weighted by molar-refractivity contribution is 9.11. The fraction of sp³-hybridized carbons (Fsp3) is 0.368. The van der Waals surface area contributed by atoms with Gasteiger partial charge in [0.15, 0.2) is 0 Å². The van der Waals surface area contributed by atoms with Gasteiger partial charge in [0.2, 0.25) is 0 Å². The van der Waals surface area contributed by atoms with Crippen LogP contribution in [-0.2, 0) is 18.2 Å². The Morgan fingerprint density at radius 1 is 0.611 bits per heavy atom. The summed E-state index contributed by atoms with van der Waals surface area (Å²) in [5, 5.41) is 8.18. The number of nitrogens with zero attached hydrogens (tertiary/aromatic N) is 2. The molecule has 0 bridgehead atoms. The van der Waals surface area contributed by atoms with E-state index < -0.39 is 15.0 Å². The summed E-state index contributed by atoms with van der Waals surface area (Å²) < 4.78 is 57.9. The lowest BCUT2D eigenvalue weighted by Gasteiger charge is -2.32. The van der Waals surface area contributed by atoms with Gasteiger partial charge >= 0.3 is 15.0 Å². The Balaban J connectivity index is 0.000000208. The lowest BCUT2D eigenvalue weighted by molar-refractivity contribution is 0.306. The van der Waals surface area contributed by atoms with Crippen molar-refractivity contribution in [1.82, 2.24) is 9.34 Å². The fourth-order valence-corrected chi connectivity index (χ4v) is 14.1. The molecule has 16 heteroatoms. The number of halogens is 4. The molecule has 2 N–H and O–H groups in total. The van der Waals surface area contributed by atoms with Gasteiger partial charge in [-0.15, -0.1) is 0 Å². The van der Waals surface area contributed by atoms with Crippen molar-refractivity contribution in [1.29, 1.82) is 0 Å². The molecule has 2 saturated heterocycles. The molecule has 4 atom stereocenters. The molecule has 0 amide bonds. The third-order valence-corrected chi connectivity index (χ3v) is 17.2. The highest BCUT2D eigenvalue weighted by Crippen LogP contribution is 2.55. The molecule has 2 heterocycles. The van der Waals surface area contributed by atoms with Crippen LogP contribution in [0.15, 0.2) is 103 Å². The van der Waals surface area contributed by atoms with Crippen molar-refractivity contribution in [2.24, 2.45) is 0 Å². The van der Waals surface area contributed by atoms with E-state index >= 15 is 0 Å². The highest BCUT2D eigenvalue weighted by Gasteiger charge is 2.43. The van der Waals surface area contributed by atoms with Crippen LogP contribution in [0.4, 0.5) is 11.4 Å². The van der Waals surface area contributed by atoms with Crippen LogP contribution in [0, 0.1) is 0 Å². The Morgan fingerprint density at radius 2 is 1.00 bits per heavy atom. The van der Waals surface area contributed by atoms with Gasteiger partial charge in [-0.3, -0.25) is 9.13 Å². The summed E-state index contributed by atoms with van der Waals surface area (Å²) in [7, 11) is -0.194. The molecule has 0 aromatic heterocycles. The summed E-state index contributed by atoms with van der Waals surface area (Å²) >= 11 is 14.1. The standard InChI is InChI=1S/2C19H23Br2N2O3P/c2*1-25-18-7-3-4-8-19(18)27(24,26-2)23-11-5-6-15(23)13-22-17-10-9-14(20)12-16(17)21/h2*3-4,7-10,12,15,22H,5-6,11,13H2,1-2H3/t2*15-,27-/m00/s1. The number of methoxy groups -OCH3 is 2. The lowest BCUT2D eigenvalue weighted by Crippen LogP contribution is -2.36. The average Bonchev–Trinajstić information content (AvgIpc) is 3.88. The van der Waals surface area contributed by atoms with Crippen molar-refractivity contribution in [2.75, 3.05) is 65.3 Å². The van der Waals surface area contributed by atoms with Gasteiger partial charge in [0, 0.05) is 81.7 Å². The van der Waals surface area contributed by atoms with Gasteiger partial charge < -0.3 is 29.2 Å². The van der Waals surface area contributed by atoms with Crippen LogP contribution in [0.25, 0.3) is 0 Å². The van der Waals surface area contributed by atoms with Crippen molar-refractivity contribution >= 4 is 101 Å². The minimum absolute atomic E-state index is 0.108. The highest BCUT2D eigenvalue weighted by atomic mass is 79.9. The summed E-state index contributed by atoms with van der Waals surface area (Å²) in [5.74, 6) is 1.19.